The molecule has 0 saturated heterocycles. The van der Waals surface area contributed by atoms with Gasteiger partial charge in [0.15, 0.2) is 0 Å². The highest BCUT2D eigenvalue weighted by Gasteiger charge is 2.42. The number of rotatable bonds is 6. The second-order valence-corrected chi connectivity index (χ2v) is 7.47. The molecule has 1 rings (SSSR count). The maximum absolute atomic E-state index is 5.91. The molecule has 102 valence electrons. The summed E-state index contributed by atoms with van der Waals surface area (Å²) in [7, 11) is 0. The first-order chi connectivity index (χ1) is 7.62. The average Bonchev–Trinajstić information content (AvgIpc) is 2.88. The van der Waals surface area contributed by atoms with Gasteiger partial charge >= 0.3 is 0 Å². The van der Waals surface area contributed by atoms with Crippen LogP contribution in [0.3, 0.4) is 0 Å². The van der Waals surface area contributed by atoms with Gasteiger partial charge in [-0.05, 0) is 72.6 Å². The lowest BCUT2D eigenvalue weighted by molar-refractivity contribution is -0.0355. The first-order valence-electron chi connectivity index (χ1n) is 6.90. The van der Waals surface area contributed by atoms with Gasteiger partial charge in [0.2, 0.25) is 0 Å². The van der Waals surface area contributed by atoms with Crippen LogP contribution in [-0.2, 0) is 9.47 Å². The standard InChI is InChI=1S/C15H30O2/c1-13(2,3)16-11-7-8-15(9-10-15)12-17-14(4,5)6/h7-12H2,1-6H3. The molecule has 0 radical (unpaired) electrons. The highest BCUT2D eigenvalue weighted by atomic mass is 16.5. The minimum absolute atomic E-state index is 0.00137. The predicted molar refractivity (Wildman–Crippen MR) is 72.3 cm³/mol. The van der Waals surface area contributed by atoms with Gasteiger partial charge < -0.3 is 9.47 Å². The normalized spacial score (nSPS) is 19.4. The molecule has 1 aliphatic rings. The van der Waals surface area contributed by atoms with Crippen LogP contribution in [-0.4, -0.2) is 24.4 Å². The van der Waals surface area contributed by atoms with Gasteiger partial charge in [0.25, 0.3) is 0 Å². The van der Waals surface area contributed by atoms with Crippen LogP contribution in [0.1, 0.15) is 67.2 Å². The SMILES string of the molecule is CC(C)(C)OCCCC1(COC(C)(C)C)CC1. The van der Waals surface area contributed by atoms with E-state index in [1.807, 2.05) is 0 Å². The van der Waals surface area contributed by atoms with E-state index in [9.17, 15) is 0 Å². The maximum atomic E-state index is 5.91. The lowest BCUT2D eigenvalue weighted by atomic mass is 10.0. The molecule has 2 nitrogen and oxygen atoms in total. The summed E-state index contributed by atoms with van der Waals surface area (Å²) in [5.41, 5.74) is 0.477. The Morgan fingerprint density at radius 3 is 1.82 bits per heavy atom. The van der Waals surface area contributed by atoms with E-state index in [1.165, 1.54) is 19.3 Å². The highest BCUT2D eigenvalue weighted by Crippen LogP contribution is 2.50. The van der Waals surface area contributed by atoms with E-state index in [2.05, 4.69) is 41.5 Å². The number of ether oxygens (including phenoxy) is 2. The fraction of sp³-hybridized carbons (Fsp3) is 1.00. The second kappa shape index (κ2) is 5.27. The van der Waals surface area contributed by atoms with E-state index in [0.29, 0.717) is 5.41 Å². The Morgan fingerprint density at radius 2 is 1.41 bits per heavy atom. The summed E-state index contributed by atoms with van der Waals surface area (Å²) in [6, 6.07) is 0. The summed E-state index contributed by atoms with van der Waals surface area (Å²) in [5.74, 6) is 0. The first-order valence-corrected chi connectivity index (χ1v) is 6.90. The van der Waals surface area contributed by atoms with E-state index in [-0.39, 0.29) is 11.2 Å². The molecule has 0 N–H and O–H groups in total. The molecule has 1 fully saturated rings. The van der Waals surface area contributed by atoms with Crippen molar-refractivity contribution in [1.29, 1.82) is 0 Å². The van der Waals surface area contributed by atoms with Crippen LogP contribution < -0.4 is 0 Å². The van der Waals surface area contributed by atoms with Crippen molar-refractivity contribution in [1.82, 2.24) is 0 Å². The van der Waals surface area contributed by atoms with Crippen molar-refractivity contribution in [2.45, 2.75) is 78.4 Å². The smallest absolute Gasteiger partial charge is 0.0598 e. The zero-order chi connectivity index (χ0) is 13.2. The summed E-state index contributed by atoms with van der Waals surface area (Å²) < 4.78 is 11.7. The Hall–Kier alpha value is -0.0800. The van der Waals surface area contributed by atoms with Crippen LogP contribution in [0.4, 0.5) is 0 Å². The molecule has 2 heteroatoms. The molecular weight excluding hydrogens is 212 g/mol. The van der Waals surface area contributed by atoms with Crippen molar-refractivity contribution in [2.24, 2.45) is 5.41 Å². The van der Waals surface area contributed by atoms with Crippen LogP contribution >= 0.6 is 0 Å². The third kappa shape index (κ3) is 7.05. The Kier molecular flexibility index (Phi) is 4.65. The van der Waals surface area contributed by atoms with Crippen molar-refractivity contribution in [2.75, 3.05) is 13.2 Å². The van der Waals surface area contributed by atoms with Crippen molar-refractivity contribution in [3.8, 4) is 0 Å². The molecule has 1 aliphatic carbocycles. The Labute approximate surface area is 107 Å². The van der Waals surface area contributed by atoms with Gasteiger partial charge in [-0.15, -0.1) is 0 Å². The summed E-state index contributed by atoms with van der Waals surface area (Å²) >= 11 is 0. The molecule has 0 aromatic rings. The molecule has 17 heavy (non-hydrogen) atoms. The molecule has 0 bridgehead atoms. The van der Waals surface area contributed by atoms with Gasteiger partial charge in [0.05, 0.1) is 17.8 Å². The maximum Gasteiger partial charge on any atom is 0.0598 e. The minimum atomic E-state index is -0.00248. The molecule has 0 unspecified atom stereocenters. The van der Waals surface area contributed by atoms with E-state index >= 15 is 0 Å². The van der Waals surface area contributed by atoms with E-state index in [1.54, 1.807) is 0 Å². The number of hydrogen-bond donors (Lipinski definition) is 0. The molecule has 0 spiro atoms. The van der Waals surface area contributed by atoms with E-state index < -0.39 is 0 Å². The molecule has 0 aliphatic heterocycles. The third-order valence-corrected chi connectivity index (χ3v) is 3.15. The lowest BCUT2D eigenvalue weighted by Gasteiger charge is -2.25. The number of hydrogen-bond acceptors (Lipinski definition) is 2. The van der Waals surface area contributed by atoms with Gasteiger partial charge in [-0.1, -0.05) is 0 Å². The fourth-order valence-corrected chi connectivity index (χ4v) is 1.84. The molecular formula is C15H30O2. The zero-order valence-electron chi connectivity index (χ0n) is 12.6. The van der Waals surface area contributed by atoms with Gasteiger partial charge in [0.1, 0.15) is 0 Å². The van der Waals surface area contributed by atoms with Gasteiger partial charge in [-0.3, -0.25) is 0 Å². The van der Waals surface area contributed by atoms with Crippen LogP contribution in [0.5, 0.6) is 0 Å². The monoisotopic (exact) mass is 242 g/mol. The summed E-state index contributed by atoms with van der Waals surface area (Å²) in [5, 5.41) is 0. The molecule has 0 aromatic carbocycles. The summed E-state index contributed by atoms with van der Waals surface area (Å²) in [4.78, 5) is 0. The van der Waals surface area contributed by atoms with Crippen LogP contribution in [0.25, 0.3) is 0 Å². The first kappa shape index (κ1) is 15.0. The van der Waals surface area contributed by atoms with Gasteiger partial charge in [-0.25, -0.2) is 0 Å². The van der Waals surface area contributed by atoms with Gasteiger partial charge in [0, 0.05) is 6.61 Å². The fourth-order valence-electron chi connectivity index (χ4n) is 1.84. The van der Waals surface area contributed by atoms with Crippen molar-refractivity contribution < 1.29 is 9.47 Å². The Balaban J connectivity index is 2.14. The zero-order valence-corrected chi connectivity index (χ0v) is 12.6. The lowest BCUT2D eigenvalue weighted by Crippen LogP contribution is -2.25. The van der Waals surface area contributed by atoms with Gasteiger partial charge in [-0.2, -0.15) is 0 Å². The topological polar surface area (TPSA) is 18.5 Å². The molecule has 0 amide bonds. The van der Waals surface area contributed by atoms with E-state index in [4.69, 9.17) is 9.47 Å². The van der Waals surface area contributed by atoms with E-state index in [0.717, 1.165) is 19.6 Å². The molecule has 1 saturated carbocycles. The molecule has 0 aromatic heterocycles. The average molecular weight is 242 g/mol. The molecule has 0 heterocycles. The van der Waals surface area contributed by atoms with Crippen LogP contribution in [0.2, 0.25) is 0 Å². The third-order valence-electron chi connectivity index (χ3n) is 3.15. The molecule has 0 atom stereocenters. The Bertz CT molecular complexity index is 228. The quantitative estimate of drug-likeness (QED) is 0.651. The van der Waals surface area contributed by atoms with Crippen molar-refractivity contribution in [3.63, 3.8) is 0 Å². The predicted octanol–water partition coefficient (Wildman–Crippen LogP) is 4.18. The summed E-state index contributed by atoms with van der Waals surface area (Å²) in [6.07, 6.45) is 5.07. The van der Waals surface area contributed by atoms with Crippen LogP contribution in [0, 0.1) is 5.41 Å². The highest BCUT2D eigenvalue weighted by molar-refractivity contribution is 4.93. The second-order valence-electron chi connectivity index (χ2n) is 7.47. The largest absolute Gasteiger partial charge is 0.376 e. The Morgan fingerprint density at radius 1 is 0.882 bits per heavy atom. The van der Waals surface area contributed by atoms with Crippen molar-refractivity contribution in [3.05, 3.63) is 0 Å². The van der Waals surface area contributed by atoms with Crippen LogP contribution in [0.15, 0.2) is 0 Å². The summed E-state index contributed by atoms with van der Waals surface area (Å²) in [6.45, 7) is 14.5. The minimum Gasteiger partial charge on any atom is -0.376 e. The van der Waals surface area contributed by atoms with Crippen molar-refractivity contribution >= 4 is 0 Å².